The highest BCUT2D eigenvalue weighted by Crippen LogP contribution is 2.23. The molecule has 0 fully saturated rings. The van der Waals surface area contributed by atoms with Crippen LogP contribution in [0.1, 0.15) is 23.7 Å². The summed E-state index contributed by atoms with van der Waals surface area (Å²) < 4.78 is 0. The van der Waals surface area contributed by atoms with Crippen LogP contribution in [0.3, 0.4) is 0 Å². The number of benzene rings is 1. The van der Waals surface area contributed by atoms with Crippen molar-refractivity contribution in [1.82, 2.24) is 4.90 Å². The molecular formula is C12H18N4O4. The van der Waals surface area contributed by atoms with E-state index in [0.29, 0.717) is 25.2 Å². The fourth-order valence-corrected chi connectivity index (χ4v) is 1.78. The molecule has 0 saturated heterocycles. The standard InChI is InChI=1S/C12H18N4O4/c1-2-15(6-3-7-17)12(18)10-8-9(16(19)20)4-5-11(10)14-13/h4-5,8,14,17H,2-3,6-7,13H2,1H3. The number of aliphatic hydroxyl groups excluding tert-OH is 1. The van der Waals surface area contributed by atoms with Crippen molar-refractivity contribution in [3.05, 3.63) is 33.9 Å². The number of nitrogens with zero attached hydrogens (tertiary/aromatic N) is 2. The molecule has 0 spiro atoms. The number of non-ortho nitro benzene ring substituents is 1. The Kier molecular flexibility index (Phi) is 5.88. The van der Waals surface area contributed by atoms with E-state index in [4.69, 9.17) is 10.9 Å². The number of rotatable bonds is 7. The first-order valence-electron chi connectivity index (χ1n) is 6.20. The lowest BCUT2D eigenvalue weighted by Crippen LogP contribution is -2.33. The van der Waals surface area contributed by atoms with Crippen molar-refractivity contribution < 1.29 is 14.8 Å². The molecular weight excluding hydrogens is 264 g/mol. The van der Waals surface area contributed by atoms with Gasteiger partial charge < -0.3 is 15.4 Å². The van der Waals surface area contributed by atoms with E-state index in [-0.39, 0.29) is 23.8 Å². The Morgan fingerprint density at radius 1 is 1.55 bits per heavy atom. The number of amides is 1. The van der Waals surface area contributed by atoms with Crippen LogP contribution in [0.2, 0.25) is 0 Å². The van der Waals surface area contributed by atoms with E-state index in [1.54, 1.807) is 6.92 Å². The van der Waals surface area contributed by atoms with E-state index in [9.17, 15) is 14.9 Å². The molecule has 0 unspecified atom stereocenters. The van der Waals surface area contributed by atoms with Crippen molar-refractivity contribution in [3.63, 3.8) is 0 Å². The second-order valence-electron chi connectivity index (χ2n) is 4.09. The molecule has 1 amide bonds. The van der Waals surface area contributed by atoms with Gasteiger partial charge in [0.2, 0.25) is 0 Å². The van der Waals surface area contributed by atoms with Gasteiger partial charge >= 0.3 is 0 Å². The van der Waals surface area contributed by atoms with Crippen molar-refractivity contribution in [3.8, 4) is 0 Å². The lowest BCUT2D eigenvalue weighted by molar-refractivity contribution is -0.384. The van der Waals surface area contributed by atoms with E-state index in [0.717, 1.165) is 0 Å². The Morgan fingerprint density at radius 3 is 2.75 bits per heavy atom. The van der Waals surface area contributed by atoms with Crippen LogP contribution in [0.25, 0.3) is 0 Å². The van der Waals surface area contributed by atoms with E-state index in [2.05, 4.69) is 5.43 Å². The Morgan fingerprint density at radius 2 is 2.25 bits per heavy atom. The summed E-state index contributed by atoms with van der Waals surface area (Å²) in [4.78, 5) is 24.1. The van der Waals surface area contributed by atoms with E-state index < -0.39 is 4.92 Å². The number of hydrogen-bond acceptors (Lipinski definition) is 6. The molecule has 0 aromatic heterocycles. The number of hydrogen-bond donors (Lipinski definition) is 3. The zero-order valence-corrected chi connectivity index (χ0v) is 11.2. The number of carbonyl (C=O) groups excluding carboxylic acids is 1. The number of nitro benzene ring substituents is 1. The molecule has 0 aliphatic carbocycles. The molecule has 8 heteroatoms. The second-order valence-corrected chi connectivity index (χ2v) is 4.09. The van der Waals surface area contributed by atoms with E-state index in [1.807, 2.05) is 0 Å². The van der Waals surface area contributed by atoms with Crippen LogP contribution in [-0.4, -0.2) is 40.5 Å². The fourth-order valence-electron chi connectivity index (χ4n) is 1.78. The lowest BCUT2D eigenvalue weighted by Gasteiger charge is -2.21. The molecule has 0 bridgehead atoms. The quantitative estimate of drug-likeness (QED) is 0.385. The lowest BCUT2D eigenvalue weighted by atomic mass is 10.1. The molecule has 1 aromatic carbocycles. The zero-order valence-electron chi connectivity index (χ0n) is 11.2. The normalized spacial score (nSPS) is 10.2. The van der Waals surface area contributed by atoms with Gasteiger partial charge in [0.25, 0.3) is 11.6 Å². The first kappa shape index (κ1) is 15.9. The van der Waals surface area contributed by atoms with Gasteiger partial charge in [0.1, 0.15) is 0 Å². The summed E-state index contributed by atoms with van der Waals surface area (Å²) in [5.41, 5.74) is 2.65. The third-order valence-electron chi connectivity index (χ3n) is 2.85. The van der Waals surface area contributed by atoms with Gasteiger partial charge in [-0.05, 0) is 19.4 Å². The molecule has 8 nitrogen and oxygen atoms in total. The first-order valence-corrected chi connectivity index (χ1v) is 6.20. The van der Waals surface area contributed by atoms with Crippen molar-refractivity contribution in [2.45, 2.75) is 13.3 Å². The van der Waals surface area contributed by atoms with Crippen molar-refractivity contribution in [2.24, 2.45) is 5.84 Å². The minimum atomic E-state index is -0.568. The molecule has 0 aliphatic rings. The van der Waals surface area contributed by atoms with Crippen molar-refractivity contribution in [1.29, 1.82) is 0 Å². The summed E-state index contributed by atoms with van der Waals surface area (Å²) in [5, 5.41) is 19.6. The van der Waals surface area contributed by atoms with Gasteiger partial charge in [0.15, 0.2) is 0 Å². The Bertz CT molecular complexity index is 492. The average molecular weight is 282 g/mol. The Labute approximate surface area is 116 Å². The maximum absolute atomic E-state index is 12.4. The third-order valence-corrected chi connectivity index (χ3v) is 2.85. The zero-order chi connectivity index (χ0) is 15.1. The molecule has 0 saturated carbocycles. The van der Waals surface area contributed by atoms with Gasteiger partial charge in [0, 0.05) is 31.8 Å². The summed E-state index contributed by atoms with van der Waals surface area (Å²) >= 11 is 0. The van der Waals surface area contributed by atoms with E-state index in [1.165, 1.54) is 23.1 Å². The van der Waals surface area contributed by atoms with E-state index >= 15 is 0 Å². The number of nitro groups is 1. The molecule has 20 heavy (non-hydrogen) atoms. The second kappa shape index (κ2) is 7.41. The molecule has 4 N–H and O–H groups in total. The van der Waals surface area contributed by atoms with Gasteiger partial charge in [-0.15, -0.1) is 0 Å². The predicted molar refractivity (Wildman–Crippen MR) is 74.2 cm³/mol. The number of aliphatic hydroxyl groups is 1. The minimum Gasteiger partial charge on any atom is -0.396 e. The largest absolute Gasteiger partial charge is 0.396 e. The monoisotopic (exact) mass is 282 g/mol. The first-order chi connectivity index (χ1) is 9.54. The van der Waals surface area contributed by atoms with Crippen LogP contribution >= 0.6 is 0 Å². The van der Waals surface area contributed by atoms with Crippen LogP contribution < -0.4 is 11.3 Å². The number of carbonyl (C=O) groups is 1. The van der Waals surface area contributed by atoms with Gasteiger partial charge in [0.05, 0.1) is 16.2 Å². The Balaban J connectivity index is 3.10. The Hall–Kier alpha value is -2.19. The highest BCUT2D eigenvalue weighted by Gasteiger charge is 2.20. The smallest absolute Gasteiger partial charge is 0.270 e. The highest BCUT2D eigenvalue weighted by atomic mass is 16.6. The number of nitrogens with one attached hydrogen (secondary N) is 1. The fraction of sp³-hybridized carbons (Fsp3) is 0.417. The molecule has 0 heterocycles. The van der Waals surface area contributed by atoms with Gasteiger partial charge in [-0.2, -0.15) is 0 Å². The van der Waals surface area contributed by atoms with Crippen LogP contribution in [-0.2, 0) is 0 Å². The summed E-state index contributed by atoms with van der Waals surface area (Å²) in [6.07, 6.45) is 0.444. The summed E-state index contributed by atoms with van der Waals surface area (Å²) in [7, 11) is 0. The van der Waals surface area contributed by atoms with Gasteiger partial charge in [-0.25, -0.2) is 0 Å². The summed E-state index contributed by atoms with van der Waals surface area (Å²) in [6.45, 7) is 2.58. The molecule has 0 aliphatic heterocycles. The molecule has 110 valence electrons. The topological polar surface area (TPSA) is 122 Å². The molecule has 1 aromatic rings. The van der Waals surface area contributed by atoms with Crippen LogP contribution in [0, 0.1) is 10.1 Å². The maximum atomic E-state index is 12.4. The van der Waals surface area contributed by atoms with Crippen molar-refractivity contribution >= 4 is 17.3 Å². The minimum absolute atomic E-state index is 0.0271. The van der Waals surface area contributed by atoms with Gasteiger partial charge in [-0.1, -0.05) is 0 Å². The number of anilines is 1. The number of hydrazine groups is 1. The highest BCUT2D eigenvalue weighted by molar-refractivity contribution is 6.00. The molecule has 1 rings (SSSR count). The van der Waals surface area contributed by atoms with Crippen LogP contribution in [0.5, 0.6) is 0 Å². The third kappa shape index (κ3) is 3.65. The van der Waals surface area contributed by atoms with Crippen LogP contribution in [0.15, 0.2) is 18.2 Å². The predicted octanol–water partition coefficient (Wildman–Crippen LogP) is 0.725. The number of nitrogens with two attached hydrogens (primary N) is 1. The maximum Gasteiger partial charge on any atom is 0.270 e. The van der Waals surface area contributed by atoms with Crippen molar-refractivity contribution in [2.75, 3.05) is 25.1 Å². The summed E-state index contributed by atoms with van der Waals surface area (Å²) in [6, 6.07) is 3.86. The summed E-state index contributed by atoms with van der Waals surface area (Å²) in [5.74, 6) is 4.96. The number of nitrogen functional groups attached to an aromatic ring is 1. The SMILES string of the molecule is CCN(CCCO)C(=O)c1cc([N+](=O)[O-])ccc1NN. The van der Waals surface area contributed by atoms with Gasteiger partial charge in [-0.3, -0.25) is 20.8 Å². The molecule has 0 atom stereocenters. The molecule has 0 radical (unpaired) electrons. The average Bonchev–Trinajstić information content (AvgIpc) is 2.46. The van der Waals surface area contributed by atoms with Crippen LogP contribution in [0.4, 0.5) is 11.4 Å².